The Morgan fingerprint density at radius 2 is 1.70 bits per heavy atom. The molecule has 0 saturated carbocycles. The van der Waals surface area contributed by atoms with Gasteiger partial charge in [0, 0.05) is 6.42 Å². The maximum absolute atomic E-state index is 11.9. The second-order valence-electron chi connectivity index (χ2n) is 4.96. The van der Waals surface area contributed by atoms with Crippen molar-refractivity contribution in [2.75, 3.05) is 0 Å². The number of esters is 1. The van der Waals surface area contributed by atoms with Crippen LogP contribution in [0.3, 0.4) is 0 Å². The molecule has 5 nitrogen and oxygen atoms in total. The van der Waals surface area contributed by atoms with Gasteiger partial charge in [0.1, 0.15) is 6.61 Å². The van der Waals surface area contributed by atoms with E-state index in [2.05, 4.69) is 5.48 Å². The summed E-state index contributed by atoms with van der Waals surface area (Å²) in [6.07, 6.45) is 1.16. The first-order chi connectivity index (χ1) is 11.2. The van der Waals surface area contributed by atoms with Gasteiger partial charge in [-0.3, -0.25) is 4.79 Å². The molecule has 0 atom stereocenters. The number of nitrogens with one attached hydrogen (secondary N) is 1. The standard InChI is InChI=1S/C18H19NO4/c1-2-6-17(20)19-23-16-11-9-15(10-12-16)18(21)22-13-14-7-4-3-5-8-14/h3-5,7-12H,2,6,13H2,1H3,(H,19,20). The van der Waals surface area contributed by atoms with Crippen molar-refractivity contribution in [2.24, 2.45) is 0 Å². The van der Waals surface area contributed by atoms with Gasteiger partial charge in [-0.1, -0.05) is 37.3 Å². The van der Waals surface area contributed by atoms with Crippen molar-refractivity contribution in [1.29, 1.82) is 0 Å². The summed E-state index contributed by atoms with van der Waals surface area (Å²) in [6.45, 7) is 2.14. The van der Waals surface area contributed by atoms with Gasteiger partial charge < -0.3 is 9.57 Å². The van der Waals surface area contributed by atoms with E-state index in [1.54, 1.807) is 24.3 Å². The van der Waals surface area contributed by atoms with E-state index in [9.17, 15) is 9.59 Å². The summed E-state index contributed by atoms with van der Waals surface area (Å²) in [5.41, 5.74) is 3.69. The molecule has 0 bridgehead atoms. The van der Waals surface area contributed by atoms with E-state index in [0.29, 0.717) is 17.7 Å². The van der Waals surface area contributed by atoms with E-state index < -0.39 is 5.97 Å². The zero-order chi connectivity index (χ0) is 16.5. The van der Waals surface area contributed by atoms with Crippen molar-refractivity contribution in [3.63, 3.8) is 0 Å². The van der Waals surface area contributed by atoms with Crippen molar-refractivity contribution in [2.45, 2.75) is 26.4 Å². The fraction of sp³-hybridized carbons (Fsp3) is 0.222. The Balaban J connectivity index is 1.83. The molecule has 0 fully saturated rings. The van der Waals surface area contributed by atoms with Crippen molar-refractivity contribution in [3.05, 3.63) is 65.7 Å². The fourth-order valence-electron chi connectivity index (χ4n) is 1.86. The lowest BCUT2D eigenvalue weighted by molar-refractivity contribution is -0.127. The predicted molar refractivity (Wildman–Crippen MR) is 85.7 cm³/mol. The number of amides is 1. The molecule has 0 heterocycles. The first-order valence-electron chi connectivity index (χ1n) is 7.46. The molecule has 23 heavy (non-hydrogen) atoms. The molecule has 0 spiro atoms. The van der Waals surface area contributed by atoms with Gasteiger partial charge in [0.25, 0.3) is 5.91 Å². The number of hydrogen-bond acceptors (Lipinski definition) is 4. The maximum atomic E-state index is 11.9. The second kappa shape index (κ2) is 8.58. The van der Waals surface area contributed by atoms with Crippen LogP contribution in [0.5, 0.6) is 5.75 Å². The lowest BCUT2D eigenvalue weighted by Gasteiger charge is -2.08. The molecule has 0 aromatic heterocycles. The molecule has 0 aliphatic carbocycles. The van der Waals surface area contributed by atoms with E-state index in [4.69, 9.17) is 9.57 Å². The normalized spacial score (nSPS) is 9.96. The van der Waals surface area contributed by atoms with Crippen LogP contribution in [0.15, 0.2) is 54.6 Å². The Labute approximate surface area is 135 Å². The quantitative estimate of drug-likeness (QED) is 0.629. The minimum absolute atomic E-state index is 0.182. The molecule has 0 aliphatic heterocycles. The number of carbonyl (C=O) groups is 2. The molecule has 5 heteroatoms. The largest absolute Gasteiger partial charge is 0.457 e. The Kier molecular flexibility index (Phi) is 6.17. The van der Waals surface area contributed by atoms with Crippen molar-refractivity contribution >= 4 is 11.9 Å². The molecule has 2 aromatic rings. The third-order valence-electron chi connectivity index (χ3n) is 3.06. The van der Waals surface area contributed by atoms with Gasteiger partial charge in [0.2, 0.25) is 0 Å². The van der Waals surface area contributed by atoms with Crippen LogP contribution in [-0.4, -0.2) is 11.9 Å². The van der Waals surface area contributed by atoms with Crippen LogP contribution in [0.25, 0.3) is 0 Å². The second-order valence-corrected chi connectivity index (χ2v) is 4.96. The number of ether oxygens (including phenoxy) is 1. The van der Waals surface area contributed by atoms with Crippen LogP contribution in [0.1, 0.15) is 35.7 Å². The first kappa shape index (κ1) is 16.5. The Morgan fingerprint density at radius 3 is 2.35 bits per heavy atom. The lowest BCUT2D eigenvalue weighted by atomic mass is 10.2. The minimum atomic E-state index is -0.407. The van der Waals surface area contributed by atoms with Gasteiger partial charge >= 0.3 is 5.97 Å². The summed E-state index contributed by atoms with van der Waals surface area (Å²) in [5, 5.41) is 0. The van der Waals surface area contributed by atoms with Gasteiger partial charge in [-0.25, -0.2) is 4.79 Å². The summed E-state index contributed by atoms with van der Waals surface area (Å²) in [4.78, 5) is 28.4. The molecule has 120 valence electrons. The van der Waals surface area contributed by atoms with E-state index in [-0.39, 0.29) is 12.5 Å². The highest BCUT2D eigenvalue weighted by molar-refractivity contribution is 5.89. The zero-order valence-corrected chi connectivity index (χ0v) is 13.0. The van der Waals surface area contributed by atoms with Gasteiger partial charge in [0.15, 0.2) is 5.75 Å². The molecular formula is C18H19NO4. The lowest BCUT2D eigenvalue weighted by Crippen LogP contribution is -2.26. The third kappa shape index (κ3) is 5.47. The summed E-state index contributed by atoms with van der Waals surface area (Å²) in [7, 11) is 0. The minimum Gasteiger partial charge on any atom is -0.457 e. The highest BCUT2D eigenvalue weighted by atomic mass is 16.7. The van der Waals surface area contributed by atoms with E-state index in [0.717, 1.165) is 12.0 Å². The summed E-state index contributed by atoms with van der Waals surface area (Å²) in [5.74, 6) is -0.136. The molecule has 1 N–H and O–H groups in total. The van der Waals surface area contributed by atoms with E-state index in [1.165, 1.54) is 0 Å². The van der Waals surface area contributed by atoms with E-state index in [1.807, 2.05) is 37.3 Å². The van der Waals surface area contributed by atoms with Gasteiger partial charge in [-0.15, -0.1) is 0 Å². The topological polar surface area (TPSA) is 64.6 Å². The fourth-order valence-corrected chi connectivity index (χ4v) is 1.86. The molecule has 2 aromatic carbocycles. The van der Waals surface area contributed by atoms with Crippen molar-refractivity contribution in [3.8, 4) is 5.75 Å². The Bertz CT molecular complexity index is 638. The monoisotopic (exact) mass is 313 g/mol. The average molecular weight is 313 g/mol. The van der Waals surface area contributed by atoms with Crippen LogP contribution in [-0.2, 0) is 16.1 Å². The smallest absolute Gasteiger partial charge is 0.338 e. The Morgan fingerprint density at radius 1 is 1.00 bits per heavy atom. The Hall–Kier alpha value is -2.82. The van der Waals surface area contributed by atoms with Crippen LogP contribution in [0, 0.1) is 0 Å². The predicted octanol–water partition coefficient (Wildman–Crippen LogP) is 3.25. The molecule has 0 radical (unpaired) electrons. The SMILES string of the molecule is CCCC(=O)NOc1ccc(C(=O)OCc2ccccc2)cc1. The summed E-state index contributed by atoms with van der Waals surface area (Å²) in [6, 6.07) is 15.9. The first-order valence-corrected chi connectivity index (χ1v) is 7.46. The maximum Gasteiger partial charge on any atom is 0.338 e. The van der Waals surface area contributed by atoms with Crippen LogP contribution < -0.4 is 10.3 Å². The number of rotatable bonds is 7. The number of benzene rings is 2. The van der Waals surface area contributed by atoms with Gasteiger partial charge in [0.05, 0.1) is 5.56 Å². The summed E-state index contributed by atoms with van der Waals surface area (Å²) >= 11 is 0. The molecule has 2 rings (SSSR count). The van der Waals surface area contributed by atoms with Gasteiger partial charge in [-0.05, 0) is 36.2 Å². The van der Waals surface area contributed by atoms with Crippen LogP contribution in [0.2, 0.25) is 0 Å². The van der Waals surface area contributed by atoms with Crippen molar-refractivity contribution in [1.82, 2.24) is 5.48 Å². The molecular weight excluding hydrogens is 294 g/mol. The van der Waals surface area contributed by atoms with Crippen LogP contribution in [0.4, 0.5) is 0 Å². The zero-order valence-electron chi connectivity index (χ0n) is 13.0. The molecule has 0 saturated heterocycles. The van der Waals surface area contributed by atoms with E-state index >= 15 is 0 Å². The number of hydroxylamine groups is 1. The number of carbonyl (C=O) groups excluding carboxylic acids is 2. The summed E-state index contributed by atoms with van der Waals surface area (Å²) < 4.78 is 5.23. The highest BCUT2D eigenvalue weighted by Gasteiger charge is 2.08. The van der Waals surface area contributed by atoms with Crippen molar-refractivity contribution < 1.29 is 19.2 Å². The molecule has 0 unspecified atom stereocenters. The van der Waals surface area contributed by atoms with Gasteiger partial charge in [-0.2, -0.15) is 5.48 Å². The molecule has 0 aliphatic rings. The number of hydrogen-bond donors (Lipinski definition) is 1. The highest BCUT2D eigenvalue weighted by Crippen LogP contribution is 2.13. The van der Waals surface area contributed by atoms with Crippen LogP contribution >= 0.6 is 0 Å². The third-order valence-corrected chi connectivity index (χ3v) is 3.06. The molecule has 1 amide bonds. The average Bonchev–Trinajstić information content (AvgIpc) is 2.59.